The summed E-state index contributed by atoms with van der Waals surface area (Å²) in [4.78, 5) is 13.6. The summed E-state index contributed by atoms with van der Waals surface area (Å²) in [6.07, 6.45) is 0. The van der Waals surface area contributed by atoms with E-state index in [1.165, 1.54) is 11.8 Å². The molecule has 7 heteroatoms. The predicted octanol–water partition coefficient (Wildman–Crippen LogP) is 4.00. The molecule has 1 saturated heterocycles. The van der Waals surface area contributed by atoms with Crippen LogP contribution < -0.4 is 19.9 Å². The Labute approximate surface area is 170 Å². The summed E-state index contributed by atoms with van der Waals surface area (Å²) in [7, 11) is 1.67. The first kappa shape index (κ1) is 19.0. The molecule has 0 spiro atoms. The lowest BCUT2D eigenvalue weighted by Gasteiger charge is -2.37. The third-order valence-corrected chi connectivity index (χ3v) is 5.00. The van der Waals surface area contributed by atoms with E-state index < -0.39 is 0 Å². The molecule has 2 aromatic carbocycles. The van der Waals surface area contributed by atoms with Gasteiger partial charge in [-0.15, -0.1) is 0 Å². The van der Waals surface area contributed by atoms with Crippen LogP contribution in [0, 0.1) is 12.7 Å². The molecule has 29 heavy (non-hydrogen) atoms. The third kappa shape index (κ3) is 4.39. The highest BCUT2D eigenvalue weighted by Gasteiger charge is 2.19. The number of anilines is 4. The number of halogens is 1. The Bertz CT molecular complexity index is 971. The maximum Gasteiger partial charge on any atom is 0.229 e. The highest BCUT2D eigenvalue weighted by Crippen LogP contribution is 2.24. The first-order valence-corrected chi connectivity index (χ1v) is 9.63. The highest BCUT2D eigenvalue weighted by molar-refractivity contribution is 5.57. The van der Waals surface area contributed by atoms with Gasteiger partial charge in [0, 0.05) is 43.6 Å². The maximum absolute atomic E-state index is 13.9. The Balaban J connectivity index is 1.45. The second kappa shape index (κ2) is 8.34. The number of ether oxygens (including phenoxy) is 1. The molecule has 1 fully saturated rings. The molecular weight excluding hydrogens is 369 g/mol. The molecule has 1 aliphatic heterocycles. The molecule has 0 unspecified atom stereocenters. The molecule has 150 valence electrons. The molecule has 0 bridgehead atoms. The Morgan fingerprint density at radius 2 is 1.62 bits per heavy atom. The van der Waals surface area contributed by atoms with Gasteiger partial charge in [0.1, 0.15) is 17.4 Å². The lowest BCUT2D eigenvalue weighted by atomic mass is 10.2. The second-order valence-electron chi connectivity index (χ2n) is 6.97. The van der Waals surface area contributed by atoms with Gasteiger partial charge in [-0.25, -0.2) is 9.37 Å². The summed E-state index contributed by atoms with van der Waals surface area (Å²) in [5.74, 6) is 1.79. The number of piperazine rings is 1. The molecule has 1 N–H and O–H groups in total. The molecule has 0 radical (unpaired) electrons. The molecule has 1 aliphatic rings. The summed E-state index contributed by atoms with van der Waals surface area (Å²) < 4.78 is 19.2. The zero-order chi connectivity index (χ0) is 20.2. The SMILES string of the molecule is COc1ccc(N2CCN(c3cc(C)nc(Nc4ccccc4F)n3)CC2)cc1. The minimum Gasteiger partial charge on any atom is -0.497 e. The van der Waals surface area contributed by atoms with Gasteiger partial charge in [-0.1, -0.05) is 12.1 Å². The Hall–Kier alpha value is -3.35. The van der Waals surface area contributed by atoms with E-state index in [0.717, 1.165) is 43.4 Å². The molecule has 3 aromatic rings. The van der Waals surface area contributed by atoms with Gasteiger partial charge in [-0.05, 0) is 43.3 Å². The van der Waals surface area contributed by atoms with Crippen molar-refractivity contribution in [2.75, 3.05) is 48.4 Å². The number of nitrogens with zero attached hydrogens (tertiary/aromatic N) is 4. The molecule has 0 atom stereocenters. The summed E-state index contributed by atoms with van der Waals surface area (Å²) >= 11 is 0. The average Bonchev–Trinajstić information content (AvgIpc) is 2.75. The summed E-state index contributed by atoms with van der Waals surface area (Å²) in [5.41, 5.74) is 2.39. The van der Waals surface area contributed by atoms with E-state index in [0.29, 0.717) is 11.6 Å². The lowest BCUT2D eigenvalue weighted by Crippen LogP contribution is -2.46. The van der Waals surface area contributed by atoms with E-state index in [4.69, 9.17) is 4.74 Å². The first-order chi connectivity index (χ1) is 14.1. The van der Waals surface area contributed by atoms with Crippen LogP contribution >= 0.6 is 0 Å². The van der Waals surface area contributed by atoms with Crippen molar-refractivity contribution in [3.63, 3.8) is 0 Å². The molecular formula is C22H24FN5O. The lowest BCUT2D eigenvalue weighted by molar-refractivity contribution is 0.415. The number of para-hydroxylation sites is 1. The van der Waals surface area contributed by atoms with Crippen LogP contribution in [0.15, 0.2) is 54.6 Å². The number of nitrogens with one attached hydrogen (secondary N) is 1. The maximum atomic E-state index is 13.9. The highest BCUT2D eigenvalue weighted by atomic mass is 19.1. The van der Waals surface area contributed by atoms with Crippen LogP contribution in [0.1, 0.15) is 5.69 Å². The molecule has 0 aliphatic carbocycles. The van der Waals surface area contributed by atoms with Crippen molar-refractivity contribution in [1.82, 2.24) is 9.97 Å². The Morgan fingerprint density at radius 1 is 0.931 bits per heavy atom. The fourth-order valence-electron chi connectivity index (χ4n) is 3.44. The fraction of sp³-hybridized carbons (Fsp3) is 0.273. The normalized spacial score (nSPS) is 14.0. The third-order valence-electron chi connectivity index (χ3n) is 5.00. The van der Waals surface area contributed by atoms with Crippen LogP contribution in [0.3, 0.4) is 0 Å². The van der Waals surface area contributed by atoms with Crippen molar-refractivity contribution in [2.24, 2.45) is 0 Å². The largest absolute Gasteiger partial charge is 0.497 e. The standard InChI is InChI=1S/C22H24FN5O/c1-16-15-21(26-22(24-16)25-20-6-4-3-5-19(20)23)28-13-11-27(12-14-28)17-7-9-18(29-2)10-8-17/h3-10,15H,11-14H2,1-2H3,(H,24,25,26). The Kier molecular flexibility index (Phi) is 5.46. The van der Waals surface area contributed by atoms with Crippen molar-refractivity contribution in [1.29, 1.82) is 0 Å². The molecule has 0 amide bonds. The number of methoxy groups -OCH3 is 1. The number of hydrogen-bond donors (Lipinski definition) is 1. The van der Waals surface area contributed by atoms with Crippen LogP contribution in [-0.2, 0) is 0 Å². The van der Waals surface area contributed by atoms with Crippen LogP contribution in [0.4, 0.5) is 27.5 Å². The van der Waals surface area contributed by atoms with Gasteiger partial charge in [0.15, 0.2) is 0 Å². The van der Waals surface area contributed by atoms with Crippen LogP contribution in [-0.4, -0.2) is 43.3 Å². The first-order valence-electron chi connectivity index (χ1n) is 9.63. The van der Waals surface area contributed by atoms with Gasteiger partial charge in [-0.3, -0.25) is 0 Å². The van der Waals surface area contributed by atoms with E-state index in [2.05, 4.69) is 37.2 Å². The zero-order valence-electron chi connectivity index (χ0n) is 16.6. The summed E-state index contributed by atoms with van der Waals surface area (Å²) in [6.45, 7) is 5.41. The minimum atomic E-state index is -0.327. The molecule has 2 heterocycles. The van der Waals surface area contributed by atoms with Gasteiger partial charge in [0.25, 0.3) is 0 Å². The van der Waals surface area contributed by atoms with E-state index in [1.807, 2.05) is 25.1 Å². The fourth-order valence-corrected chi connectivity index (χ4v) is 3.44. The number of rotatable bonds is 5. The number of aromatic nitrogens is 2. The number of hydrogen-bond acceptors (Lipinski definition) is 6. The summed E-state index contributed by atoms with van der Waals surface area (Å²) in [5, 5.41) is 2.99. The van der Waals surface area contributed by atoms with Crippen molar-refractivity contribution in [2.45, 2.75) is 6.92 Å². The van der Waals surface area contributed by atoms with Crippen LogP contribution in [0.25, 0.3) is 0 Å². The van der Waals surface area contributed by atoms with Gasteiger partial charge in [0.05, 0.1) is 12.8 Å². The second-order valence-corrected chi connectivity index (χ2v) is 6.97. The number of benzene rings is 2. The smallest absolute Gasteiger partial charge is 0.229 e. The average molecular weight is 393 g/mol. The number of aryl methyl sites for hydroxylation is 1. The summed E-state index contributed by atoms with van der Waals surface area (Å²) in [6, 6.07) is 16.6. The molecule has 4 rings (SSSR count). The van der Waals surface area contributed by atoms with E-state index >= 15 is 0 Å². The quantitative estimate of drug-likeness (QED) is 0.707. The van der Waals surface area contributed by atoms with Gasteiger partial charge in [0.2, 0.25) is 5.95 Å². The van der Waals surface area contributed by atoms with Crippen molar-refractivity contribution >= 4 is 23.1 Å². The minimum absolute atomic E-state index is 0.327. The van der Waals surface area contributed by atoms with Crippen molar-refractivity contribution in [3.8, 4) is 5.75 Å². The van der Waals surface area contributed by atoms with E-state index in [-0.39, 0.29) is 5.82 Å². The van der Waals surface area contributed by atoms with Crippen molar-refractivity contribution in [3.05, 3.63) is 66.1 Å². The van der Waals surface area contributed by atoms with Gasteiger partial charge < -0.3 is 19.9 Å². The van der Waals surface area contributed by atoms with E-state index in [9.17, 15) is 4.39 Å². The molecule has 0 saturated carbocycles. The van der Waals surface area contributed by atoms with Gasteiger partial charge in [-0.2, -0.15) is 4.98 Å². The predicted molar refractivity (Wildman–Crippen MR) is 114 cm³/mol. The van der Waals surface area contributed by atoms with Crippen molar-refractivity contribution < 1.29 is 9.13 Å². The topological polar surface area (TPSA) is 53.5 Å². The zero-order valence-corrected chi connectivity index (χ0v) is 16.6. The van der Waals surface area contributed by atoms with E-state index in [1.54, 1.807) is 25.3 Å². The van der Waals surface area contributed by atoms with Crippen LogP contribution in [0.2, 0.25) is 0 Å². The Morgan fingerprint density at radius 3 is 2.31 bits per heavy atom. The molecule has 1 aromatic heterocycles. The van der Waals surface area contributed by atoms with Gasteiger partial charge >= 0.3 is 0 Å². The molecule has 6 nitrogen and oxygen atoms in total. The monoisotopic (exact) mass is 393 g/mol. The van der Waals surface area contributed by atoms with Crippen LogP contribution in [0.5, 0.6) is 5.75 Å².